The van der Waals surface area contributed by atoms with Crippen molar-refractivity contribution in [2.24, 2.45) is 0 Å². The molecule has 0 bridgehead atoms. The smallest absolute Gasteiger partial charge is 0.381 e. The number of ketones is 1. The number of halogens is 6. The highest BCUT2D eigenvalue weighted by atomic mass is 19.4. The summed E-state index contributed by atoms with van der Waals surface area (Å²) in [5, 5.41) is 8.72. The summed E-state index contributed by atoms with van der Waals surface area (Å²) < 4.78 is 70.6. The van der Waals surface area contributed by atoms with E-state index in [1.165, 1.54) is 0 Å². The molecule has 0 amide bonds. The number of carbonyl (C=O) groups excluding carboxylic acids is 1. The molecule has 0 aromatic carbocycles. The molecule has 0 aliphatic heterocycles. The van der Waals surface area contributed by atoms with Crippen molar-refractivity contribution in [2.45, 2.75) is 37.7 Å². The van der Waals surface area contributed by atoms with Crippen LogP contribution in [0.2, 0.25) is 0 Å². The molecule has 0 saturated heterocycles. The molecule has 0 saturated carbocycles. The molecule has 0 fully saturated rings. The third kappa shape index (κ3) is 4.06. The lowest BCUT2D eigenvalue weighted by Crippen LogP contribution is -2.43. The molecule has 1 unspecified atom stereocenters. The van der Waals surface area contributed by atoms with E-state index >= 15 is 0 Å². The zero-order chi connectivity index (χ0) is 12.5. The van der Waals surface area contributed by atoms with Crippen LogP contribution in [0, 0.1) is 0 Å². The lowest BCUT2D eigenvalue weighted by atomic mass is 9.98. The Morgan fingerprint density at radius 2 is 1.53 bits per heavy atom. The van der Waals surface area contributed by atoms with E-state index < -0.39 is 36.6 Å². The summed E-state index contributed by atoms with van der Waals surface area (Å²) in [7, 11) is 0. The zero-order valence-corrected chi connectivity index (χ0v) is 7.54. The molecule has 0 aromatic rings. The average molecular weight is 238 g/mol. The van der Waals surface area contributed by atoms with E-state index in [1.54, 1.807) is 0 Å². The molecule has 0 aliphatic carbocycles. The third-order valence-electron chi connectivity index (χ3n) is 1.77. The molecule has 1 N–H and O–H groups in total. The first kappa shape index (κ1) is 14.2. The number of rotatable bonds is 3. The highest BCUT2D eigenvalue weighted by Gasteiger charge is 2.50. The molecule has 15 heavy (non-hydrogen) atoms. The monoisotopic (exact) mass is 238 g/mol. The van der Waals surface area contributed by atoms with Crippen LogP contribution in [0.4, 0.5) is 26.3 Å². The van der Waals surface area contributed by atoms with Crippen LogP contribution in [0.15, 0.2) is 0 Å². The number of carbonyl (C=O) groups is 1. The highest BCUT2D eigenvalue weighted by Crippen LogP contribution is 2.34. The fourth-order valence-electron chi connectivity index (χ4n) is 0.640. The van der Waals surface area contributed by atoms with Crippen molar-refractivity contribution in [3.8, 4) is 0 Å². The first-order valence-corrected chi connectivity index (χ1v) is 3.77. The highest BCUT2D eigenvalue weighted by molar-refractivity contribution is 5.83. The Morgan fingerprint density at radius 1 is 1.13 bits per heavy atom. The number of hydrogen-bond donors (Lipinski definition) is 1. The Labute approximate surface area is 80.9 Å². The summed E-state index contributed by atoms with van der Waals surface area (Å²) in [5.41, 5.74) is -3.28. The van der Waals surface area contributed by atoms with E-state index in [1.807, 2.05) is 0 Å². The molecule has 2 nitrogen and oxygen atoms in total. The van der Waals surface area contributed by atoms with Gasteiger partial charge in [0.25, 0.3) is 0 Å². The van der Waals surface area contributed by atoms with E-state index in [2.05, 4.69) is 0 Å². The Kier molecular flexibility index (Phi) is 3.78. The van der Waals surface area contributed by atoms with Crippen LogP contribution in [0.5, 0.6) is 0 Å². The van der Waals surface area contributed by atoms with Crippen molar-refractivity contribution in [1.29, 1.82) is 0 Å². The normalized spacial score (nSPS) is 17.3. The third-order valence-corrected chi connectivity index (χ3v) is 1.77. The van der Waals surface area contributed by atoms with Gasteiger partial charge in [-0.05, 0) is 13.3 Å². The van der Waals surface area contributed by atoms with Crippen LogP contribution in [-0.2, 0) is 4.79 Å². The van der Waals surface area contributed by atoms with Gasteiger partial charge in [-0.1, -0.05) is 0 Å². The lowest BCUT2D eigenvalue weighted by molar-refractivity contribution is -0.255. The number of alkyl halides is 6. The predicted molar refractivity (Wildman–Crippen MR) is 37.0 cm³/mol. The van der Waals surface area contributed by atoms with E-state index in [9.17, 15) is 31.1 Å². The minimum atomic E-state index is -5.17. The van der Waals surface area contributed by atoms with E-state index in [0.717, 1.165) is 0 Å². The summed E-state index contributed by atoms with van der Waals surface area (Å²) in [5.74, 6) is -2.29. The van der Waals surface area contributed by atoms with E-state index in [0.29, 0.717) is 6.92 Å². The van der Waals surface area contributed by atoms with Crippen molar-refractivity contribution in [3.05, 3.63) is 0 Å². The van der Waals surface area contributed by atoms with Gasteiger partial charge in [0.2, 0.25) is 5.78 Å². The van der Waals surface area contributed by atoms with Gasteiger partial charge in [0.15, 0.2) is 5.60 Å². The molecule has 0 rings (SSSR count). The molecule has 8 heteroatoms. The molecule has 1 atom stereocenters. The molecule has 0 aromatic heterocycles. The maximum absolute atomic E-state index is 11.9. The first-order valence-electron chi connectivity index (χ1n) is 3.77. The van der Waals surface area contributed by atoms with Gasteiger partial charge < -0.3 is 5.11 Å². The molecule has 0 heterocycles. The van der Waals surface area contributed by atoms with E-state index in [-0.39, 0.29) is 0 Å². The number of Topliss-reactive ketones (excluding diaryl/α,β-unsaturated/α-hetero) is 1. The molecular formula is C7H8F6O2. The van der Waals surface area contributed by atoms with Crippen LogP contribution in [0.3, 0.4) is 0 Å². The Balaban J connectivity index is 4.36. The summed E-state index contributed by atoms with van der Waals surface area (Å²) >= 11 is 0. The maximum Gasteiger partial charge on any atom is 0.449 e. The second-order valence-corrected chi connectivity index (χ2v) is 3.19. The minimum absolute atomic E-state index is 0.316. The second kappa shape index (κ2) is 3.99. The van der Waals surface area contributed by atoms with Crippen LogP contribution >= 0.6 is 0 Å². The molecule has 90 valence electrons. The van der Waals surface area contributed by atoms with Gasteiger partial charge in [-0.25, -0.2) is 0 Å². The van der Waals surface area contributed by atoms with Gasteiger partial charge in [-0.3, -0.25) is 4.79 Å². The molecular weight excluding hydrogens is 230 g/mol. The second-order valence-electron chi connectivity index (χ2n) is 3.19. The number of aliphatic hydroxyl groups is 1. The van der Waals surface area contributed by atoms with Gasteiger partial charge in [0, 0.05) is 6.42 Å². The number of hydrogen-bond acceptors (Lipinski definition) is 2. The van der Waals surface area contributed by atoms with Crippen molar-refractivity contribution >= 4 is 5.78 Å². The van der Waals surface area contributed by atoms with Gasteiger partial charge in [-0.2, -0.15) is 26.3 Å². The largest absolute Gasteiger partial charge is 0.449 e. The quantitative estimate of drug-likeness (QED) is 0.765. The van der Waals surface area contributed by atoms with Gasteiger partial charge in [0.05, 0.1) is 0 Å². The van der Waals surface area contributed by atoms with Gasteiger partial charge in [-0.15, -0.1) is 0 Å². The van der Waals surface area contributed by atoms with Crippen LogP contribution < -0.4 is 0 Å². The summed E-state index contributed by atoms with van der Waals surface area (Å²) in [4.78, 5) is 10.2. The van der Waals surface area contributed by atoms with Gasteiger partial charge in [0.1, 0.15) is 0 Å². The predicted octanol–water partition coefficient (Wildman–Crippen LogP) is 2.21. The SMILES string of the molecule is CC(O)(CCC(=O)C(F)(F)F)C(F)(F)F. The topological polar surface area (TPSA) is 37.3 Å². The van der Waals surface area contributed by atoms with Gasteiger partial charge >= 0.3 is 12.4 Å². The average Bonchev–Trinajstić information content (AvgIpc) is 1.96. The summed E-state index contributed by atoms with van der Waals surface area (Å²) in [6.45, 7) is 0.316. The van der Waals surface area contributed by atoms with Crippen molar-refractivity contribution in [3.63, 3.8) is 0 Å². The van der Waals surface area contributed by atoms with Crippen LogP contribution in [-0.4, -0.2) is 28.8 Å². The van der Waals surface area contributed by atoms with Crippen molar-refractivity contribution in [1.82, 2.24) is 0 Å². The minimum Gasteiger partial charge on any atom is -0.381 e. The molecule has 0 radical (unpaired) electrons. The van der Waals surface area contributed by atoms with Crippen molar-refractivity contribution in [2.75, 3.05) is 0 Å². The standard InChI is InChI=1S/C7H8F6O2/c1-5(15,7(11,12)13)3-2-4(14)6(8,9)10/h15H,2-3H2,1H3. The van der Waals surface area contributed by atoms with Crippen LogP contribution in [0.25, 0.3) is 0 Å². The fraction of sp³-hybridized carbons (Fsp3) is 0.857. The van der Waals surface area contributed by atoms with Crippen molar-refractivity contribution < 1.29 is 36.2 Å². The van der Waals surface area contributed by atoms with E-state index in [4.69, 9.17) is 5.11 Å². The zero-order valence-electron chi connectivity index (χ0n) is 7.54. The fourth-order valence-corrected chi connectivity index (χ4v) is 0.640. The Bertz CT molecular complexity index is 239. The van der Waals surface area contributed by atoms with Crippen LogP contribution in [0.1, 0.15) is 19.8 Å². The lowest BCUT2D eigenvalue weighted by Gasteiger charge is -2.25. The summed E-state index contributed by atoms with van der Waals surface area (Å²) in [6.07, 6.45) is -12.9. The Morgan fingerprint density at radius 3 is 1.80 bits per heavy atom. The molecule has 0 aliphatic rings. The summed E-state index contributed by atoms with van der Waals surface area (Å²) in [6, 6.07) is 0. The Hall–Kier alpha value is -0.790. The maximum atomic E-state index is 11.9. The molecule has 0 spiro atoms. The first-order chi connectivity index (χ1) is 6.38.